The van der Waals surface area contributed by atoms with Crippen molar-refractivity contribution in [2.45, 2.75) is 18.4 Å². The summed E-state index contributed by atoms with van der Waals surface area (Å²) in [7, 11) is 0. The summed E-state index contributed by atoms with van der Waals surface area (Å²) in [5.41, 5.74) is 6.13. The van der Waals surface area contributed by atoms with Crippen molar-refractivity contribution in [2.24, 2.45) is 10.9 Å². The molecule has 1 aliphatic heterocycles. The van der Waals surface area contributed by atoms with Gasteiger partial charge in [-0.1, -0.05) is 72.8 Å². The summed E-state index contributed by atoms with van der Waals surface area (Å²) in [6.45, 7) is 0. The van der Waals surface area contributed by atoms with Crippen LogP contribution in [-0.4, -0.2) is 6.21 Å². The average molecular weight is 350 g/mol. The van der Waals surface area contributed by atoms with E-state index < -0.39 is 0 Å². The molecule has 1 heterocycles. The molecule has 1 aliphatic carbocycles. The highest BCUT2D eigenvalue weighted by Crippen LogP contribution is 2.49. The van der Waals surface area contributed by atoms with Crippen LogP contribution >= 0.6 is 0 Å². The summed E-state index contributed by atoms with van der Waals surface area (Å²) in [4.78, 5) is 4.61. The zero-order chi connectivity index (χ0) is 18.1. The quantitative estimate of drug-likeness (QED) is 0.437. The molecule has 0 saturated carbocycles. The van der Waals surface area contributed by atoms with E-state index in [-0.39, 0.29) is 0 Å². The Bertz CT molecular complexity index is 986. The third-order valence-electron chi connectivity index (χ3n) is 5.69. The minimum Gasteiger partial charge on any atom is -0.378 e. The van der Waals surface area contributed by atoms with Crippen LogP contribution in [0.5, 0.6) is 0 Å². The number of fused-ring (bicyclic) bond motifs is 3. The number of benzene rings is 3. The largest absolute Gasteiger partial charge is 0.378 e. The highest BCUT2D eigenvalue weighted by molar-refractivity contribution is 5.81. The van der Waals surface area contributed by atoms with E-state index in [1.54, 1.807) is 0 Å². The SMILES string of the molecule is C1=C[C@@H]2c3ccccc3N[C@@H](c3ccc(N=Cc4ccccc4)cc3)[C@@H]2C1. The van der Waals surface area contributed by atoms with Gasteiger partial charge in [-0.25, -0.2) is 0 Å². The Balaban J connectivity index is 1.40. The Morgan fingerprint density at radius 2 is 1.63 bits per heavy atom. The zero-order valence-electron chi connectivity index (χ0n) is 15.1. The standard InChI is InChI=1S/C25H22N2/c1-2-7-18(8-3-1)17-26-20-15-13-19(14-16-20)25-23-11-6-10-21(23)22-9-4-5-12-24(22)27-25/h1-10,12-17,21,23,25,27H,11H2/t21-,23-,25+/m1/s1. The smallest absolute Gasteiger partial charge is 0.0630 e. The van der Waals surface area contributed by atoms with Crippen molar-refractivity contribution in [3.05, 3.63) is 108 Å². The monoisotopic (exact) mass is 350 g/mol. The summed E-state index contributed by atoms with van der Waals surface area (Å²) >= 11 is 0. The van der Waals surface area contributed by atoms with Crippen LogP contribution < -0.4 is 5.32 Å². The van der Waals surface area contributed by atoms with Crippen LogP contribution in [0.3, 0.4) is 0 Å². The lowest BCUT2D eigenvalue weighted by Crippen LogP contribution is -2.28. The molecule has 3 aromatic carbocycles. The fraction of sp³-hybridized carbons (Fsp3) is 0.160. The number of allylic oxidation sites excluding steroid dienone is 2. The average Bonchev–Trinajstić information content (AvgIpc) is 3.23. The Kier molecular flexibility index (Phi) is 4.10. The van der Waals surface area contributed by atoms with Crippen molar-refractivity contribution in [1.29, 1.82) is 0 Å². The van der Waals surface area contributed by atoms with Gasteiger partial charge >= 0.3 is 0 Å². The fourth-order valence-corrected chi connectivity index (χ4v) is 4.33. The highest BCUT2D eigenvalue weighted by atomic mass is 15.0. The summed E-state index contributed by atoms with van der Waals surface area (Å²) in [5, 5.41) is 3.78. The van der Waals surface area contributed by atoms with Crippen LogP contribution in [-0.2, 0) is 0 Å². The van der Waals surface area contributed by atoms with Gasteiger partial charge < -0.3 is 5.32 Å². The van der Waals surface area contributed by atoms with E-state index in [0.717, 1.165) is 17.7 Å². The summed E-state index contributed by atoms with van der Waals surface area (Å²) in [6, 6.07) is 27.9. The Morgan fingerprint density at radius 1 is 0.852 bits per heavy atom. The third kappa shape index (κ3) is 3.08. The maximum Gasteiger partial charge on any atom is 0.0630 e. The molecule has 0 fully saturated rings. The number of hydrogen-bond donors (Lipinski definition) is 1. The molecule has 0 aromatic heterocycles. The minimum absolute atomic E-state index is 0.340. The number of anilines is 1. The first-order chi connectivity index (χ1) is 13.4. The molecule has 5 rings (SSSR count). The first-order valence-electron chi connectivity index (χ1n) is 9.60. The van der Waals surface area contributed by atoms with Crippen molar-refractivity contribution in [3.8, 4) is 0 Å². The second-order valence-corrected chi connectivity index (χ2v) is 7.32. The molecule has 132 valence electrons. The Morgan fingerprint density at radius 3 is 2.48 bits per heavy atom. The molecular formula is C25H22N2. The summed E-state index contributed by atoms with van der Waals surface area (Å²) in [6.07, 6.45) is 7.77. The van der Waals surface area contributed by atoms with Gasteiger partial charge in [0.25, 0.3) is 0 Å². The molecule has 27 heavy (non-hydrogen) atoms. The van der Waals surface area contributed by atoms with Crippen LogP contribution in [0, 0.1) is 5.92 Å². The van der Waals surface area contributed by atoms with Crippen molar-refractivity contribution >= 4 is 17.6 Å². The minimum atomic E-state index is 0.340. The maximum absolute atomic E-state index is 4.61. The van der Waals surface area contributed by atoms with E-state index in [2.05, 4.69) is 83.1 Å². The van der Waals surface area contributed by atoms with Gasteiger partial charge in [-0.3, -0.25) is 4.99 Å². The van der Waals surface area contributed by atoms with Gasteiger partial charge in [-0.15, -0.1) is 0 Å². The van der Waals surface area contributed by atoms with E-state index >= 15 is 0 Å². The van der Waals surface area contributed by atoms with Gasteiger partial charge in [0.05, 0.1) is 11.7 Å². The Labute approximate surface area is 160 Å². The molecule has 0 amide bonds. The van der Waals surface area contributed by atoms with Crippen molar-refractivity contribution in [1.82, 2.24) is 0 Å². The molecule has 2 nitrogen and oxygen atoms in total. The molecule has 3 aromatic rings. The number of rotatable bonds is 3. The number of aliphatic imine (C=N–C) groups is 1. The van der Waals surface area contributed by atoms with Crippen LogP contribution in [0.25, 0.3) is 0 Å². The number of hydrogen-bond acceptors (Lipinski definition) is 2. The maximum atomic E-state index is 4.61. The Hall–Kier alpha value is -3.13. The van der Waals surface area contributed by atoms with Crippen molar-refractivity contribution < 1.29 is 0 Å². The lowest BCUT2D eigenvalue weighted by atomic mass is 9.77. The van der Waals surface area contributed by atoms with Gasteiger partial charge in [-0.05, 0) is 47.2 Å². The van der Waals surface area contributed by atoms with Gasteiger partial charge in [0.1, 0.15) is 0 Å². The molecule has 0 unspecified atom stereocenters. The molecule has 0 radical (unpaired) electrons. The second kappa shape index (κ2) is 6.88. The van der Waals surface area contributed by atoms with Crippen LogP contribution in [0.15, 0.2) is 96.0 Å². The predicted molar refractivity (Wildman–Crippen MR) is 113 cm³/mol. The summed E-state index contributed by atoms with van der Waals surface area (Å²) < 4.78 is 0. The van der Waals surface area contributed by atoms with E-state index in [4.69, 9.17) is 0 Å². The highest BCUT2D eigenvalue weighted by Gasteiger charge is 2.37. The van der Waals surface area contributed by atoms with E-state index in [0.29, 0.717) is 17.9 Å². The van der Waals surface area contributed by atoms with Crippen molar-refractivity contribution in [2.75, 3.05) is 5.32 Å². The zero-order valence-corrected chi connectivity index (χ0v) is 15.1. The van der Waals surface area contributed by atoms with Gasteiger partial charge in [-0.2, -0.15) is 0 Å². The first-order valence-corrected chi connectivity index (χ1v) is 9.60. The lowest BCUT2D eigenvalue weighted by molar-refractivity contribution is 0.425. The number of nitrogens with one attached hydrogen (secondary N) is 1. The number of para-hydroxylation sites is 1. The molecule has 0 spiro atoms. The van der Waals surface area contributed by atoms with Crippen LogP contribution in [0.4, 0.5) is 11.4 Å². The van der Waals surface area contributed by atoms with Crippen LogP contribution in [0.1, 0.15) is 35.1 Å². The van der Waals surface area contributed by atoms with Crippen LogP contribution in [0.2, 0.25) is 0 Å². The predicted octanol–water partition coefficient (Wildman–Crippen LogP) is 6.26. The molecule has 2 aliphatic rings. The normalized spacial score (nSPS) is 23.0. The topological polar surface area (TPSA) is 24.4 Å². The molecule has 1 N–H and O–H groups in total. The van der Waals surface area contributed by atoms with E-state index in [1.807, 2.05) is 24.4 Å². The molecule has 0 bridgehead atoms. The molecule has 3 atom stereocenters. The van der Waals surface area contributed by atoms with E-state index in [9.17, 15) is 0 Å². The second-order valence-electron chi connectivity index (χ2n) is 7.32. The first kappa shape index (κ1) is 16.1. The molecular weight excluding hydrogens is 328 g/mol. The van der Waals surface area contributed by atoms with Gasteiger partial charge in [0.2, 0.25) is 0 Å². The third-order valence-corrected chi connectivity index (χ3v) is 5.69. The van der Waals surface area contributed by atoms with Gasteiger partial charge in [0.15, 0.2) is 0 Å². The molecule has 0 saturated heterocycles. The molecule has 2 heteroatoms. The number of nitrogens with zero attached hydrogens (tertiary/aromatic N) is 1. The fourth-order valence-electron chi connectivity index (χ4n) is 4.33. The van der Waals surface area contributed by atoms with Gasteiger partial charge in [0, 0.05) is 17.8 Å². The lowest BCUT2D eigenvalue weighted by Gasteiger charge is -2.37. The summed E-state index contributed by atoms with van der Waals surface area (Å²) in [5.74, 6) is 1.10. The van der Waals surface area contributed by atoms with Crippen molar-refractivity contribution in [3.63, 3.8) is 0 Å². The van der Waals surface area contributed by atoms with E-state index in [1.165, 1.54) is 16.8 Å².